The number of ether oxygens (including phenoxy) is 5. The van der Waals surface area contributed by atoms with Gasteiger partial charge in [0.05, 0.1) is 62.7 Å². The van der Waals surface area contributed by atoms with E-state index in [4.69, 9.17) is 40.3 Å². The van der Waals surface area contributed by atoms with Crippen molar-refractivity contribution in [3.8, 4) is 16.5 Å². The summed E-state index contributed by atoms with van der Waals surface area (Å²) < 4.78 is 31.9. The summed E-state index contributed by atoms with van der Waals surface area (Å²) in [5.41, 5.74) is 4.55. The van der Waals surface area contributed by atoms with E-state index in [2.05, 4.69) is 39.7 Å². The molecule has 17 nitrogen and oxygen atoms in total. The number of amides is 3. The number of aliphatic imine (C=N–C) groups is 1. The summed E-state index contributed by atoms with van der Waals surface area (Å²) in [6, 6.07) is 18.4. The molecule has 1 unspecified atom stereocenters. The van der Waals surface area contributed by atoms with Crippen LogP contribution in [0.4, 0.5) is 5.69 Å². The standard InChI is InChI=1S/C47H49ClN8O9S/c1-27-28(2)66-47-42(27)43(31-5-7-32(48)8-6-31)51-38(44-54-53-30(4)56(44)47)26-41(58)50-33-9-11-34(12-10-33)64-23-21-62-19-17-61-18-20-63-22-24-65-35-13-14-36-37(25-35)49-29(3)55(46(36)60)39-15-16-40(57)52-45(39)59/h5-14,25,38-39H,15-24,26H2,1-4H3,(H,50,58)(H,52,57,59)/t38-,39?/m0/s1. The molecule has 19 heteroatoms. The van der Waals surface area contributed by atoms with Gasteiger partial charge in [0, 0.05) is 39.2 Å². The smallest absolute Gasteiger partial charge is 0.262 e. The Morgan fingerprint density at radius 2 is 1.47 bits per heavy atom. The molecule has 3 aromatic carbocycles. The van der Waals surface area contributed by atoms with Crippen LogP contribution in [0.25, 0.3) is 15.9 Å². The quantitative estimate of drug-likeness (QED) is 0.0677. The van der Waals surface area contributed by atoms with Crippen LogP contribution in [0.5, 0.6) is 11.5 Å². The van der Waals surface area contributed by atoms with Crippen LogP contribution in [-0.2, 0) is 28.6 Å². The predicted molar refractivity (Wildman–Crippen MR) is 249 cm³/mol. The van der Waals surface area contributed by atoms with Gasteiger partial charge in [-0.25, -0.2) is 4.98 Å². The maximum Gasteiger partial charge on any atom is 0.262 e. The maximum absolute atomic E-state index is 13.5. The van der Waals surface area contributed by atoms with Crippen molar-refractivity contribution in [3.63, 3.8) is 0 Å². The molecule has 0 aliphatic carbocycles. The topological polar surface area (TPSA) is 199 Å². The molecule has 0 radical (unpaired) electrons. The van der Waals surface area contributed by atoms with Crippen molar-refractivity contribution in [2.75, 3.05) is 58.2 Å². The number of nitrogens with one attached hydrogen (secondary N) is 2. The minimum absolute atomic E-state index is 0.0564. The van der Waals surface area contributed by atoms with Crippen molar-refractivity contribution in [3.05, 3.63) is 121 Å². The van der Waals surface area contributed by atoms with Crippen molar-refractivity contribution in [2.24, 2.45) is 4.99 Å². The van der Waals surface area contributed by atoms with Crippen molar-refractivity contribution in [2.45, 2.75) is 59.0 Å². The number of carbonyl (C=O) groups is 3. The van der Waals surface area contributed by atoms with Gasteiger partial charge in [-0.05, 0) is 88.2 Å². The van der Waals surface area contributed by atoms with Gasteiger partial charge in [-0.3, -0.25) is 38.6 Å². The largest absolute Gasteiger partial charge is 0.491 e. The number of thiophene rings is 1. The van der Waals surface area contributed by atoms with E-state index < -0.39 is 18.0 Å². The Kier molecular flexibility index (Phi) is 14.6. The van der Waals surface area contributed by atoms with Gasteiger partial charge in [0.15, 0.2) is 5.82 Å². The molecule has 0 bridgehead atoms. The van der Waals surface area contributed by atoms with Crippen LogP contribution in [0.3, 0.4) is 0 Å². The third-order valence-electron chi connectivity index (χ3n) is 11.2. The number of carbonyl (C=O) groups excluding carboxylic acids is 3. The number of halogens is 1. The molecule has 2 N–H and O–H groups in total. The molecule has 3 aromatic heterocycles. The monoisotopic (exact) mass is 936 g/mol. The van der Waals surface area contributed by atoms with E-state index in [0.29, 0.717) is 91.0 Å². The summed E-state index contributed by atoms with van der Waals surface area (Å²) in [5, 5.41) is 16.1. The second-order valence-corrected chi connectivity index (χ2v) is 17.3. The van der Waals surface area contributed by atoms with Crippen molar-refractivity contribution >= 4 is 63.0 Å². The molecule has 1 saturated heterocycles. The normalized spacial score (nSPS) is 15.7. The summed E-state index contributed by atoms with van der Waals surface area (Å²) in [7, 11) is 0. The Morgan fingerprint density at radius 3 is 2.15 bits per heavy atom. The summed E-state index contributed by atoms with van der Waals surface area (Å²) in [6.07, 6.45) is 0.466. The van der Waals surface area contributed by atoms with Gasteiger partial charge in [0.25, 0.3) is 5.56 Å². The summed E-state index contributed by atoms with van der Waals surface area (Å²) in [5.74, 6) is 1.82. The lowest BCUT2D eigenvalue weighted by atomic mass is 9.99. The van der Waals surface area contributed by atoms with Crippen LogP contribution in [0, 0.1) is 27.7 Å². The number of benzene rings is 3. The molecular formula is C47H49ClN8O9S. The number of fused-ring (bicyclic) bond motifs is 4. The zero-order chi connectivity index (χ0) is 46.3. The van der Waals surface area contributed by atoms with Crippen LogP contribution in [0.15, 0.2) is 76.5 Å². The van der Waals surface area contributed by atoms with E-state index in [1.165, 1.54) is 9.44 Å². The number of aryl methyl sites for hydroxylation is 3. The number of hydrogen-bond donors (Lipinski definition) is 2. The molecule has 66 heavy (non-hydrogen) atoms. The van der Waals surface area contributed by atoms with Crippen LogP contribution >= 0.6 is 22.9 Å². The van der Waals surface area contributed by atoms with Crippen molar-refractivity contribution in [1.29, 1.82) is 0 Å². The number of hydrogen-bond acceptors (Lipinski definition) is 14. The predicted octanol–water partition coefficient (Wildman–Crippen LogP) is 6.33. The molecular weight excluding hydrogens is 888 g/mol. The lowest BCUT2D eigenvalue weighted by Crippen LogP contribution is -2.45. The molecule has 6 aromatic rings. The minimum Gasteiger partial charge on any atom is -0.491 e. The Balaban J connectivity index is 0.712. The number of aromatic nitrogens is 5. The van der Waals surface area contributed by atoms with E-state index in [1.54, 1.807) is 60.7 Å². The van der Waals surface area contributed by atoms with Gasteiger partial charge in [0.2, 0.25) is 17.7 Å². The highest BCUT2D eigenvalue weighted by Gasteiger charge is 2.33. The first-order chi connectivity index (χ1) is 31.9. The third kappa shape index (κ3) is 10.5. The summed E-state index contributed by atoms with van der Waals surface area (Å²) in [6.45, 7) is 10.6. The van der Waals surface area contributed by atoms with Gasteiger partial charge in [-0.15, -0.1) is 21.5 Å². The Bertz CT molecular complexity index is 2840. The van der Waals surface area contributed by atoms with E-state index in [9.17, 15) is 19.2 Å². The van der Waals surface area contributed by atoms with Crippen molar-refractivity contribution < 1.29 is 38.1 Å². The molecule has 0 spiro atoms. The van der Waals surface area contributed by atoms with Gasteiger partial charge in [0.1, 0.15) is 53.4 Å². The molecule has 5 heterocycles. The third-order valence-corrected chi connectivity index (χ3v) is 12.6. The van der Waals surface area contributed by atoms with E-state index in [1.807, 2.05) is 35.8 Å². The zero-order valence-corrected chi connectivity index (χ0v) is 38.5. The molecule has 344 valence electrons. The number of imide groups is 1. The summed E-state index contributed by atoms with van der Waals surface area (Å²) in [4.78, 5) is 61.6. The number of nitrogens with zero attached hydrogens (tertiary/aromatic N) is 6. The second kappa shape index (κ2) is 20.9. The Labute approximate surface area is 389 Å². The highest BCUT2D eigenvalue weighted by Crippen LogP contribution is 2.40. The van der Waals surface area contributed by atoms with E-state index in [0.717, 1.165) is 33.2 Å². The van der Waals surface area contributed by atoms with E-state index in [-0.39, 0.29) is 43.2 Å². The SMILES string of the molecule is Cc1sc2c(c1C)C(c1ccc(Cl)cc1)=N[C@@H](CC(=O)Nc1ccc(OCCOCCOCCOCCOc3ccc4c(=O)n(C5CCC(=O)NC5=O)c(C)nc4c3)cc1)c1nnc(C)n1-2. The Morgan fingerprint density at radius 1 is 0.818 bits per heavy atom. The molecule has 1 fully saturated rings. The first kappa shape index (κ1) is 46.2. The van der Waals surface area contributed by atoms with Crippen LogP contribution < -0.4 is 25.7 Å². The van der Waals surface area contributed by atoms with Gasteiger partial charge >= 0.3 is 0 Å². The van der Waals surface area contributed by atoms with Crippen LogP contribution in [-0.4, -0.2) is 101 Å². The molecule has 2 aliphatic rings. The molecule has 0 saturated carbocycles. The number of rotatable bonds is 19. The molecule has 8 rings (SSSR count). The highest BCUT2D eigenvalue weighted by molar-refractivity contribution is 7.15. The van der Waals surface area contributed by atoms with Gasteiger partial charge < -0.3 is 29.0 Å². The van der Waals surface area contributed by atoms with Gasteiger partial charge in [-0.2, -0.15) is 0 Å². The van der Waals surface area contributed by atoms with E-state index >= 15 is 0 Å². The maximum atomic E-state index is 13.5. The fraction of sp³-hybridized carbons (Fsp3) is 0.362. The zero-order valence-electron chi connectivity index (χ0n) is 36.9. The summed E-state index contributed by atoms with van der Waals surface area (Å²) >= 11 is 7.90. The lowest BCUT2D eigenvalue weighted by Gasteiger charge is -2.24. The molecule has 3 amide bonds. The molecule has 2 aliphatic heterocycles. The second-order valence-electron chi connectivity index (χ2n) is 15.7. The highest BCUT2D eigenvalue weighted by atomic mass is 35.5. The lowest BCUT2D eigenvalue weighted by molar-refractivity contribution is -0.135. The fourth-order valence-electron chi connectivity index (χ4n) is 7.81. The average Bonchev–Trinajstić information content (AvgIpc) is 3.77. The first-order valence-corrected chi connectivity index (χ1v) is 22.8. The molecule has 2 atom stereocenters. The Hall–Kier alpha value is -6.31. The number of piperidine rings is 1. The number of anilines is 1. The first-order valence-electron chi connectivity index (χ1n) is 21.6. The van der Waals surface area contributed by atoms with Crippen LogP contribution in [0.2, 0.25) is 5.02 Å². The van der Waals surface area contributed by atoms with Crippen molar-refractivity contribution in [1.82, 2.24) is 29.6 Å². The van der Waals surface area contributed by atoms with Crippen LogP contribution in [0.1, 0.15) is 70.4 Å². The minimum atomic E-state index is -0.780. The van der Waals surface area contributed by atoms with Gasteiger partial charge in [-0.1, -0.05) is 23.7 Å². The fourth-order valence-corrected chi connectivity index (χ4v) is 9.15. The average molecular weight is 937 g/mol.